The van der Waals surface area contributed by atoms with Gasteiger partial charge in [-0.3, -0.25) is 24.1 Å². The lowest BCUT2D eigenvalue weighted by molar-refractivity contribution is -0.0736. The molecular weight excluding hydrogens is 448 g/mol. The van der Waals surface area contributed by atoms with Crippen molar-refractivity contribution >= 4 is 17.9 Å². The van der Waals surface area contributed by atoms with Crippen LogP contribution in [0, 0.1) is 0 Å². The Bertz CT molecular complexity index is 1210. The zero-order valence-electron chi connectivity index (χ0n) is 19.5. The monoisotopic (exact) mass is 474 g/mol. The maximum absolute atomic E-state index is 13.3. The first-order chi connectivity index (χ1) is 16.8. The summed E-state index contributed by atoms with van der Waals surface area (Å²) in [6.45, 7) is 3.98. The number of hydrogen-bond acceptors (Lipinski definition) is 6. The van der Waals surface area contributed by atoms with Crippen LogP contribution in [0.1, 0.15) is 40.1 Å². The van der Waals surface area contributed by atoms with Gasteiger partial charge in [-0.2, -0.15) is 5.10 Å². The fraction of sp³-hybridized carbons (Fsp3) is 0.308. The summed E-state index contributed by atoms with van der Waals surface area (Å²) in [7, 11) is 0. The number of ether oxygens (including phenoxy) is 2. The molecule has 3 heterocycles. The molecule has 2 aromatic carbocycles. The topological polar surface area (TPSA) is 94.0 Å². The summed E-state index contributed by atoms with van der Waals surface area (Å²) >= 11 is 0. The summed E-state index contributed by atoms with van der Waals surface area (Å²) in [5, 5.41) is 4.28. The number of imide groups is 1. The largest absolute Gasteiger partial charge is 0.444 e. The van der Waals surface area contributed by atoms with Crippen LogP contribution in [0.4, 0.5) is 4.79 Å². The Balaban J connectivity index is 1.40. The molecule has 2 aliphatic heterocycles. The Labute approximate surface area is 202 Å². The van der Waals surface area contributed by atoms with Gasteiger partial charge in [-0.05, 0) is 37.6 Å². The van der Waals surface area contributed by atoms with E-state index in [9.17, 15) is 14.4 Å². The van der Waals surface area contributed by atoms with Crippen LogP contribution < -0.4 is 0 Å². The molecule has 9 heteroatoms. The number of nitrogens with zero attached hydrogens (tertiary/aromatic N) is 4. The first-order valence-electron chi connectivity index (χ1n) is 11.5. The van der Waals surface area contributed by atoms with Crippen molar-refractivity contribution in [2.24, 2.45) is 0 Å². The third-order valence-electron chi connectivity index (χ3n) is 6.36. The normalized spacial score (nSPS) is 20.9. The van der Waals surface area contributed by atoms with Crippen LogP contribution >= 0.6 is 0 Å². The molecular formula is C26H26N4O5. The minimum Gasteiger partial charge on any atom is -0.444 e. The quantitative estimate of drug-likeness (QED) is 0.509. The Hall–Kier alpha value is -3.98. The van der Waals surface area contributed by atoms with Crippen LogP contribution in [0.5, 0.6) is 0 Å². The van der Waals surface area contributed by atoms with Crippen LogP contribution in [0.2, 0.25) is 0 Å². The predicted molar refractivity (Wildman–Crippen MR) is 125 cm³/mol. The van der Waals surface area contributed by atoms with Gasteiger partial charge in [-0.15, -0.1) is 0 Å². The van der Waals surface area contributed by atoms with E-state index in [-0.39, 0.29) is 25.0 Å². The third-order valence-corrected chi connectivity index (χ3v) is 6.36. The van der Waals surface area contributed by atoms with Gasteiger partial charge in [0, 0.05) is 12.4 Å². The average Bonchev–Trinajstić information content (AvgIpc) is 3.52. The lowest BCUT2D eigenvalue weighted by Gasteiger charge is -2.32. The molecule has 3 aromatic rings. The van der Waals surface area contributed by atoms with Crippen molar-refractivity contribution in [1.29, 1.82) is 0 Å². The number of rotatable bonds is 6. The number of fused-ring (bicyclic) bond motifs is 1. The average molecular weight is 475 g/mol. The Morgan fingerprint density at radius 3 is 2.26 bits per heavy atom. The molecule has 1 saturated heterocycles. The lowest BCUT2D eigenvalue weighted by Crippen LogP contribution is -2.51. The summed E-state index contributed by atoms with van der Waals surface area (Å²) < 4.78 is 13.6. The Kier molecular flexibility index (Phi) is 5.86. The highest BCUT2D eigenvalue weighted by atomic mass is 16.6. The highest BCUT2D eigenvalue weighted by molar-refractivity contribution is 6.21. The highest BCUT2D eigenvalue weighted by Crippen LogP contribution is 2.35. The van der Waals surface area contributed by atoms with Crippen molar-refractivity contribution in [3.8, 4) is 0 Å². The Morgan fingerprint density at radius 1 is 0.971 bits per heavy atom. The number of benzene rings is 2. The van der Waals surface area contributed by atoms with Gasteiger partial charge in [0.1, 0.15) is 18.4 Å². The van der Waals surface area contributed by atoms with E-state index in [1.807, 2.05) is 30.3 Å². The molecule has 2 aliphatic rings. The van der Waals surface area contributed by atoms with E-state index in [2.05, 4.69) is 5.10 Å². The van der Waals surface area contributed by atoms with Gasteiger partial charge in [0.05, 0.1) is 30.3 Å². The molecule has 0 saturated carbocycles. The van der Waals surface area contributed by atoms with E-state index >= 15 is 0 Å². The van der Waals surface area contributed by atoms with Gasteiger partial charge in [0.2, 0.25) is 0 Å². The van der Waals surface area contributed by atoms with Crippen molar-refractivity contribution < 1.29 is 23.9 Å². The zero-order chi connectivity index (χ0) is 24.6. The fourth-order valence-electron chi connectivity index (χ4n) is 4.76. The van der Waals surface area contributed by atoms with Gasteiger partial charge >= 0.3 is 6.09 Å². The van der Waals surface area contributed by atoms with Crippen molar-refractivity contribution in [3.63, 3.8) is 0 Å². The number of aromatic nitrogens is 2. The Morgan fingerprint density at radius 2 is 1.63 bits per heavy atom. The summed E-state index contributed by atoms with van der Waals surface area (Å²) in [5.41, 5.74) is 0.578. The molecule has 2 atom stereocenters. The first-order valence-corrected chi connectivity index (χ1v) is 11.5. The maximum atomic E-state index is 13.3. The summed E-state index contributed by atoms with van der Waals surface area (Å²) in [6, 6.07) is 17.4. The standard InChI is InChI=1S/C26H26N4O5/c1-26(2)30(25(33)34-17-18-9-4-3-5-10-18)21(15-28-14-8-13-27-28)22(35-26)16-29-23(31)19-11-6-7-12-20(19)24(29)32/h3-14,21-22H,15-17H2,1-2H3. The molecule has 1 fully saturated rings. The van der Waals surface area contributed by atoms with Gasteiger partial charge in [0.15, 0.2) is 0 Å². The van der Waals surface area contributed by atoms with Crippen LogP contribution in [0.25, 0.3) is 0 Å². The number of carbonyl (C=O) groups excluding carboxylic acids is 3. The highest BCUT2D eigenvalue weighted by Gasteiger charge is 2.52. The third kappa shape index (κ3) is 4.30. The molecule has 0 radical (unpaired) electrons. The molecule has 0 bridgehead atoms. The van der Waals surface area contributed by atoms with Crippen molar-refractivity contribution in [3.05, 3.63) is 89.7 Å². The fourth-order valence-corrected chi connectivity index (χ4v) is 4.76. The second-order valence-corrected chi connectivity index (χ2v) is 9.08. The van der Waals surface area contributed by atoms with Crippen molar-refractivity contribution in [1.82, 2.24) is 19.6 Å². The maximum Gasteiger partial charge on any atom is 0.412 e. The first kappa shape index (κ1) is 22.8. The smallest absolute Gasteiger partial charge is 0.412 e. The molecule has 2 unspecified atom stereocenters. The minimum atomic E-state index is -1.03. The summed E-state index contributed by atoms with van der Waals surface area (Å²) in [6.07, 6.45) is 2.26. The molecule has 180 valence electrons. The molecule has 3 amide bonds. The van der Waals surface area contributed by atoms with Gasteiger partial charge in [-0.25, -0.2) is 4.79 Å². The van der Waals surface area contributed by atoms with Crippen LogP contribution in [0.3, 0.4) is 0 Å². The number of amides is 3. The van der Waals surface area contributed by atoms with E-state index in [4.69, 9.17) is 9.47 Å². The van der Waals surface area contributed by atoms with Gasteiger partial charge in [0.25, 0.3) is 11.8 Å². The minimum absolute atomic E-state index is 0.00414. The lowest BCUT2D eigenvalue weighted by atomic mass is 10.1. The van der Waals surface area contributed by atoms with E-state index in [0.717, 1.165) is 5.56 Å². The zero-order valence-corrected chi connectivity index (χ0v) is 19.5. The molecule has 1 aromatic heterocycles. The number of carbonyl (C=O) groups is 3. The van der Waals surface area contributed by atoms with Crippen molar-refractivity contribution in [2.75, 3.05) is 6.54 Å². The molecule has 35 heavy (non-hydrogen) atoms. The van der Waals surface area contributed by atoms with Gasteiger partial charge in [-0.1, -0.05) is 42.5 Å². The van der Waals surface area contributed by atoms with E-state index in [1.54, 1.807) is 66.2 Å². The molecule has 9 nitrogen and oxygen atoms in total. The van der Waals surface area contributed by atoms with E-state index in [1.165, 1.54) is 4.90 Å². The molecule has 0 aliphatic carbocycles. The van der Waals surface area contributed by atoms with E-state index < -0.39 is 24.0 Å². The van der Waals surface area contributed by atoms with Crippen LogP contribution in [0.15, 0.2) is 73.1 Å². The summed E-state index contributed by atoms with van der Waals surface area (Å²) in [4.78, 5) is 42.0. The second kappa shape index (κ2) is 8.99. The number of hydrogen-bond donors (Lipinski definition) is 0. The van der Waals surface area contributed by atoms with Gasteiger partial charge < -0.3 is 9.47 Å². The van der Waals surface area contributed by atoms with Crippen LogP contribution in [-0.2, 0) is 22.6 Å². The van der Waals surface area contributed by atoms with E-state index in [0.29, 0.717) is 17.7 Å². The second-order valence-electron chi connectivity index (χ2n) is 9.08. The molecule has 0 N–H and O–H groups in total. The van der Waals surface area contributed by atoms with Crippen LogP contribution in [-0.4, -0.2) is 61.9 Å². The summed E-state index contributed by atoms with van der Waals surface area (Å²) in [5.74, 6) is -0.732. The molecule has 5 rings (SSSR count). The van der Waals surface area contributed by atoms with Crippen molar-refractivity contribution in [2.45, 2.75) is 44.9 Å². The molecule has 0 spiro atoms. The SMILES string of the molecule is CC1(C)OC(CN2C(=O)c3ccccc3C2=O)C(Cn2cccn2)N1C(=O)OCc1ccccc1. The predicted octanol–water partition coefficient (Wildman–Crippen LogP) is 3.32.